The molecule has 0 amide bonds. The van der Waals surface area contributed by atoms with Crippen molar-refractivity contribution in [3.8, 4) is 11.5 Å². The molecule has 0 radical (unpaired) electrons. The van der Waals surface area contributed by atoms with Gasteiger partial charge in [0.05, 0.1) is 4.92 Å². The smallest absolute Gasteiger partial charge is 0.311 e. The first-order valence-electron chi connectivity index (χ1n) is 5.96. The van der Waals surface area contributed by atoms with Gasteiger partial charge in [0, 0.05) is 24.2 Å². The zero-order valence-corrected chi connectivity index (χ0v) is 10.8. The van der Waals surface area contributed by atoms with Crippen molar-refractivity contribution in [2.45, 2.75) is 6.54 Å². The number of para-hydroxylation sites is 1. The minimum atomic E-state index is -0.602. The lowest BCUT2D eigenvalue weighted by atomic mass is 10.2. The second kappa shape index (κ2) is 6.12. The van der Waals surface area contributed by atoms with E-state index in [0.717, 1.165) is 23.8 Å². The summed E-state index contributed by atoms with van der Waals surface area (Å²) in [7, 11) is 1.78. The third-order valence-corrected chi connectivity index (χ3v) is 2.68. The highest BCUT2D eigenvalue weighted by atomic mass is 19.1. The topological polar surface area (TPSA) is 64.4 Å². The lowest BCUT2D eigenvalue weighted by Crippen LogP contribution is -2.06. The van der Waals surface area contributed by atoms with Crippen LogP contribution in [0.1, 0.15) is 5.56 Å². The van der Waals surface area contributed by atoms with Crippen LogP contribution in [0.25, 0.3) is 0 Å². The number of hydrogen-bond donors (Lipinski definition) is 1. The third kappa shape index (κ3) is 3.10. The van der Waals surface area contributed by atoms with Gasteiger partial charge in [0.2, 0.25) is 5.75 Å². The quantitative estimate of drug-likeness (QED) is 0.672. The number of nitro groups is 1. The molecule has 0 aliphatic rings. The molecule has 2 aromatic carbocycles. The highest BCUT2D eigenvalue weighted by Gasteiger charge is 2.17. The largest absolute Gasteiger partial charge is 0.450 e. The van der Waals surface area contributed by atoms with Gasteiger partial charge in [-0.05, 0) is 19.2 Å². The number of nitro benzene ring substituents is 1. The Balaban J connectivity index is 2.39. The summed E-state index contributed by atoms with van der Waals surface area (Å²) in [6.45, 7) is 0.541. The van der Waals surface area contributed by atoms with Crippen LogP contribution in [-0.4, -0.2) is 12.0 Å². The molecule has 0 fully saturated rings. The summed E-state index contributed by atoms with van der Waals surface area (Å²) in [6.07, 6.45) is 0. The van der Waals surface area contributed by atoms with E-state index in [0.29, 0.717) is 12.3 Å². The van der Waals surface area contributed by atoms with Crippen LogP contribution in [0.4, 0.5) is 10.1 Å². The minimum absolute atomic E-state index is 0.112. The second-order valence-electron chi connectivity index (χ2n) is 4.11. The fraction of sp³-hybridized carbons (Fsp3) is 0.143. The molecule has 1 N–H and O–H groups in total. The number of rotatable bonds is 5. The molecule has 5 nitrogen and oxygen atoms in total. The van der Waals surface area contributed by atoms with Crippen molar-refractivity contribution in [3.05, 3.63) is 64.0 Å². The first-order valence-corrected chi connectivity index (χ1v) is 5.96. The number of nitrogens with one attached hydrogen (secondary N) is 1. The molecular formula is C14H13FN2O3. The summed E-state index contributed by atoms with van der Waals surface area (Å²) < 4.78 is 18.8. The number of halogens is 1. The molecule has 0 aliphatic carbocycles. The Labute approximate surface area is 115 Å². The Kier molecular flexibility index (Phi) is 4.27. The Morgan fingerprint density at radius 1 is 1.25 bits per heavy atom. The van der Waals surface area contributed by atoms with Crippen LogP contribution in [-0.2, 0) is 6.54 Å². The molecule has 0 unspecified atom stereocenters. The van der Waals surface area contributed by atoms with Gasteiger partial charge < -0.3 is 10.1 Å². The number of benzene rings is 2. The maximum absolute atomic E-state index is 13.2. The second-order valence-corrected chi connectivity index (χ2v) is 4.11. The van der Waals surface area contributed by atoms with Gasteiger partial charge in [0.25, 0.3) is 0 Å². The molecule has 0 saturated carbocycles. The van der Waals surface area contributed by atoms with Crippen LogP contribution in [0.5, 0.6) is 11.5 Å². The van der Waals surface area contributed by atoms with Crippen molar-refractivity contribution in [1.29, 1.82) is 0 Å². The summed E-state index contributed by atoms with van der Waals surface area (Å²) in [6, 6.07) is 10.2. The average molecular weight is 276 g/mol. The van der Waals surface area contributed by atoms with Gasteiger partial charge in [0.1, 0.15) is 11.6 Å². The summed E-state index contributed by atoms with van der Waals surface area (Å²) in [5, 5.41) is 13.9. The van der Waals surface area contributed by atoms with Gasteiger partial charge in [0.15, 0.2) is 0 Å². The monoisotopic (exact) mass is 276 g/mol. The van der Waals surface area contributed by atoms with Crippen LogP contribution >= 0.6 is 0 Å². The predicted molar refractivity (Wildman–Crippen MR) is 72.3 cm³/mol. The van der Waals surface area contributed by atoms with Crippen molar-refractivity contribution in [2.75, 3.05) is 7.05 Å². The van der Waals surface area contributed by atoms with E-state index in [1.54, 1.807) is 19.2 Å². The zero-order chi connectivity index (χ0) is 14.5. The Morgan fingerprint density at radius 2 is 2.00 bits per heavy atom. The zero-order valence-electron chi connectivity index (χ0n) is 10.8. The van der Waals surface area contributed by atoms with Crippen molar-refractivity contribution >= 4 is 5.69 Å². The minimum Gasteiger partial charge on any atom is -0.450 e. The molecule has 2 rings (SSSR count). The standard InChI is InChI=1S/C14H13FN2O3/c1-16-9-10-4-2-3-5-13(10)20-14-8-11(15)6-7-12(14)17(18)19/h2-8,16H,9H2,1H3. The van der Waals surface area contributed by atoms with Crippen molar-refractivity contribution < 1.29 is 14.1 Å². The summed E-state index contributed by atoms with van der Waals surface area (Å²) in [5.41, 5.74) is 0.555. The van der Waals surface area contributed by atoms with E-state index in [1.165, 1.54) is 0 Å². The van der Waals surface area contributed by atoms with E-state index in [-0.39, 0.29) is 11.4 Å². The molecule has 104 valence electrons. The van der Waals surface area contributed by atoms with Crippen molar-refractivity contribution in [2.24, 2.45) is 0 Å². The van der Waals surface area contributed by atoms with Gasteiger partial charge in [-0.3, -0.25) is 10.1 Å². The van der Waals surface area contributed by atoms with Crippen molar-refractivity contribution in [3.63, 3.8) is 0 Å². The highest BCUT2D eigenvalue weighted by molar-refractivity contribution is 5.49. The normalized spacial score (nSPS) is 10.3. The Hall–Kier alpha value is -2.47. The number of nitrogens with zero attached hydrogens (tertiary/aromatic N) is 1. The van der Waals surface area contributed by atoms with Gasteiger partial charge in [-0.2, -0.15) is 0 Å². The molecule has 0 saturated heterocycles. The third-order valence-electron chi connectivity index (χ3n) is 2.68. The molecule has 0 heterocycles. The van der Waals surface area contributed by atoms with Gasteiger partial charge in [-0.15, -0.1) is 0 Å². The summed E-state index contributed by atoms with van der Waals surface area (Å²) in [5.74, 6) is -0.245. The van der Waals surface area contributed by atoms with E-state index in [9.17, 15) is 14.5 Å². The van der Waals surface area contributed by atoms with E-state index >= 15 is 0 Å². The molecule has 0 atom stereocenters. The molecule has 0 aliphatic heterocycles. The molecule has 20 heavy (non-hydrogen) atoms. The molecule has 2 aromatic rings. The predicted octanol–water partition coefficient (Wildman–Crippen LogP) is 3.25. The molecule has 0 bridgehead atoms. The molecule has 0 spiro atoms. The summed E-state index contributed by atoms with van der Waals surface area (Å²) >= 11 is 0. The van der Waals surface area contributed by atoms with E-state index in [4.69, 9.17) is 4.74 Å². The molecule has 0 aromatic heterocycles. The van der Waals surface area contributed by atoms with Crippen LogP contribution in [0.15, 0.2) is 42.5 Å². The SMILES string of the molecule is CNCc1ccccc1Oc1cc(F)ccc1[N+](=O)[O-]. The maximum Gasteiger partial charge on any atom is 0.311 e. The maximum atomic E-state index is 13.2. The average Bonchev–Trinajstić information content (AvgIpc) is 2.41. The van der Waals surface area contributed by atoms with Crippen LogP contribution < -0.4 is 10.1 Å². The Morgan fingerprint density at radius 3 is 2.70 bits per heavy atom. The fourth-order valence-electron chi connectivity index (χ4n) is 1.78. The number of ether oxygens (including phenoxy) is 1. The van der Waals surface area contributed by atoms with E-state index < -0.39 is 10.7 Å². The fourth-order valence-corrected chi connectivity index (χ4v) is 1.78. The molecular weight excluding hydrogens is 263 g/mol. The van der Waals surface area contributed by atoms with Gasteiger partial charge in [-0.25, -0.2) is 4.39 Å². The van der Waals surface area contributed by atoms with Gasteiger partial charge >= 0.3 is 5.69 Å². The van der Waals surface area contributed by atoms with E-state index in [2.05, 4.69) is 5.32 Å². The van der Waals surface area contributed by atoms with Crippen LogP contribution in [0.3, 0.4) is 0 Å². The lowest BCUT2D eigenvalue weighted by Gasteiger charge is -2.11. The van der Waals surface area contributed by atoms with Crippen molar-refractivity contribution in [1.82, 2.24) is 5.32 Å². The van der Waals surface area contributed by atoms with Gasteiger partial charge in [-0.1, -0.05) is 18.2 Å². The summed E-state index contributed by atoms with van der Waals surface area (Å²) in [4.78, 5) is 10.3. The van der Waals surface area contributed by atoms with E-state index in [1.807, 2.05) is 12.1 Å². The number of hydrogen-bond acceptors (Lipinski definition) is 4. The Bertz CT molecular complexity index is 632. The first kappa shape index (κ1) is 14.0. The first-order chi connectivity index (χ1) is 9.61. The lowest BCUT2D eigenvalue weighted by molar-refractivity contribution is -0.385. The molecule has 6 heteroatoms. The van der Waals surface area contributed by atoms with Crippen LogP contribution in [0.2, 0.25) is 0 Å². The van der Waals surface area contributed by atoms with Crippen LogP contribution in [0, 0.1) is 15.9 Å². The highest BCUT2D eigenvalue weighted by Crippen LogP contribution is 2.33.